The van der Waals surface area contributed by atoms with Gasteiger partial charge in [-0.25, -0.2) is 28.0 Å². The highest BCUT2D eigenvalue weighted by Gasteiger charge is 2.40. The van der Waals surface area contributed by atoms with Crippen molar-refractivity contribution < 1.29 is 27.5 Å². The number of aromatic nitrogens is 2. The van der Waals surface area contributed by atoms with Crippen LogP contribution in [0.1, 0.15) is 5.69 Å². The Balaban J connectivity index is 1.56. The maximum absolute atomic E-state index is 13.1. The molecule has 11 nitrogen and oxygen atoms in total. The van der Waals surface area contributed by atoms with Crippen LogP contribution in [0, 0.1) is 6.92 Å². The number of nitrogens with one attached hydrogen (secondary N) is 2. The number of benzene rings is 2. The number of hydrogen-bond donors (Lipinski definition) is 2. The van der Waals surface area contributed by atoms with Crippen molar-refractivity contribution in [2.45, 2.75) is 11.8 Å². The first-order valence-corrected chi connectivity index (χ1v) is 12.2. The molecule has 1 aromatic heterocycles. The van der Waals surface area contributed by atoms with Crippen molar-refractivity contribution in [2.24, 2.45) is 0 Å². The lowest BCUT2D eigenvalue weighted by Crippen LogP contribution is -2.32. The van der Waals surface area contributed by atoms with Crippen LogP contribution in [0.5, 0.6) is 11.5 Å². The summed E-state index contributed by atoms with van der Waals surface area (Å²) in [6, 6.07) is 11.8. The van der Waals surface area contributed by atoms with Crippen LogP contribution in [0.3, 0.4) is 0 Å². The monoisotopic (exact) mass is 529 g/mol. The first-order chi connectivity index (χ1) is 17.1. The number of ether oxygens (including phenoxy) is 2. The summed E-state index contributed by atoms with van der Waals surface area (Å²) in [7, 11) is -1.11. The van der Waals surface area contributed by atoms with Crippen molar-refractivity contribution in [1.29, 1.82) is 0 Å². The number of carbonyl (C=O) groups is 2. The highest BCUT2D eigenvalue weighted by molar-refractivity contribution is 7.92. The molecule has 2 N–H and O–H groups in total. The Bertz CT molecular complexity index is 1490. The molecule has 13 heteroatoms. The van der Waals surface area contributed by atoms with E-state index in [1.54, 1.807) is 25.1 Å². The maximum atomic E-state index is 13.1. The number of carbonyl (C=O) groups excluding carboxylic acids is 2. The van der Waals surface area contributed by atoms with Gasteiger partial charge in [-0.2, -0.15) is 0 Å². The van der Waals surface area contributed by atoms with E-state index in [1.165, 1.54) is 50.7 Å². The van der Waals surface area contributed by atoms with Crippen LogP contribution in [-0.4, -0.2) is 44.4 Å². The quantitative estimate of drug-likeness (QED) is 0.421. The predicted octanol–water partition coefficient (Wildman–Crippen LogP) is 3.04. The highest BCUT2D eigenvalue weighted by atomic mass is 35.5. The van der Waals surface area contributed by atoms with Crippen molar-refractivity contribution in [3.63, 3.8) is 0 Å². The highest BCUT2D eigenvalue weighted by Crippen LogP contribution is 2.38. The number of aryl methyl sites for hydroxylation is 1. The Kier molecular flexibility index (Phi) is 6.82. The molecule has 2 aromatic carbocycles. The van der Waals surface area contributed by atoms with Gasteiger partial charge in [0.2, 0.25) is 5.95 Å². The third kappa shape index (κ3) is 4.81. The van der Waals surface area contributed by atoms with Gasteiger partial charge in [0.25, 0.3) is 21.8 Å². The van der Waals surface area contributed by atoms with Crippen LogP contribution in [0.4, 0.5) is 17.3 Å². The third-order valence-corrected chi connectivity index (χ3v) is 6.80. The van der Waals surface area contributed by atoms with Gasteiger partial charge < -0.3 is 14.8 Å². The fourth-order valence-electron chi connectivity index (χ4n) is 3.34. The van der Waals surface area contributed by atoms with Gasteiger partial charge in [-0.15, -0.1) is 0 Å². The number of imide groups is 1. The molecule has 3 aromatic rings. The molecule has 4 rings (SSSR count). The predicted molar refractivity (Wildman–Crippen MR) is 133 cm³/mol. The molecule has 0 saturated heterocycles. The van der Waals surface area contributed by atoms with Gasteiger partial charge in [-0.3, -0.25) is 9.59 Å². The van der Waals surface area contributed by atoms with Gasteiger partial charge >= 0.3 is 0 Å². The molecule has 0 bridgehead atoms. The van der Waals surface area contributed by atoms with Gasteiger partial charge in [0.15, 0.2) is 0 Å². The lowest BCUT2D eigenvalue weighted by molar-refractivity contribution is -0.120. The number of nitrogens with zero attached hydrogens (tertiary/aromatic N) is 3. The Morgan fingerprint density at radius 2 is 1.69 bits per heavy atom. The molecule has 0 aliphatic carbocycles. The first kappa shape index (κ1) is 24.9. The molecule has 0 spiro atoms. The van der Waals surface area contributed by atoms with Gasteiger partial charge in [-0.1, -0.05) is 11.6 Å². The zero-order chi connectivity index (χ0) is 26.0. The molecule has 2 amide bonds. The van der Waals surface area contributed by atoms with E-state index >= 15 is 0 Å². The molecule has 1 aliphatic heterocycles. The fourth-order valence-corrected chi connectivity index (χ4v) is 4.50. The van der Waals surface area contributed by atoms with E-state index < -0.39 is 21.8 Å². The Morgan fingerprint density at radius 3 is 2.33 bits per heavy atom. The zero-order valence-corrected chi connectivity index (χ0v) is 20.8. The van der Waals surface area contributed by atoms with Crippen molar-refractivity contribution in [3.05, 3.63) is 71.2 Å². The van der Waals surface area contributed by atoms with Gasteiger partial charge in [0, 0.05) is 23.6 Å². The molecule has 0 fully saturated rings. The molecule has 2 heterocycles. The van der Waals surface area contributed by atoms with Crippen LogP contribution in [-0.2, 0) is 19.6 Å². The van der Waals surface area contributed by atoms with Crippen molar-refractivity contribution in [1.82, 2.24) is 9.97 Å². The van der Waals surface area contributed by atoms with Gasteiger partial charge in [0.05, 0.1) is 24.8 Å². The zero-order valence-electron chi connectivity index (χ0n) is 19.3. The largest absolute Gasteiger partial charge is 0.497 e. The summed E-state index contributed by atoms with van der Waals surface area (Å²) in [6.45, 7) is 1.71. The smallest absolute Gasteiger partial charge is 0.283 e. The van der Waals surface area contributed by atoms with E-state index in [9.17, 15) is 18.0 Å². The van der Waals surface area contributed by atoms with Crippen LogP contribution in [0.25, 0.3) is 0 Å². The average molecular weight is 530 g/mol. The molecule has 0 saturated carbocycles. The summed E-state index contributed by atoms with van der Waals surface area (Å²) in [5, 5.41) is 2.46. The second kappa shape index (κ2) is 9.84. The normalized spacial score (nSPS) is 13.7. The lowest BCUT2D eigenvalue weighted by atomic mass is 10.2. The Hall–Kier alpha value is -4.16. The molecular weight excluding hydrogens is 510 g/mol. The number of methoxy groups -OCH3 is 2. The molecule has 0 unspecified atom stereocenters. The van der Waals surface area contributed by atoms with Gasteiger partial charge in [0.1, 0.15) is 22.2 Å². The molecule has 0 atom stereocenters. The van der Waals surface area contributed by atoms with E-state index in [0.29, 0.717) is 17.1 Å². The van der Waals surface area contributed by atoms with Crippen LogP contribution >= 0.6 is 11.6 Å². The van der Waals surface area contributed by atoms with Crippen molar-refractivity contribution in [2.75, 3.05) is 29.2 Å². The number of sulfonamides is 1. The molecule has 186 valence electrons. The summed E-state index contributed by atoms with van der Waals surface area (Å²) in [5.41, 5.74) is 0.916. The van der Waals surface area contributed by atoms with Gasteiger partial charge in [-0.05, 0) is 49.4 Å². The minimum absolute atomic E-state index is 0.0581. The molecule has 1 aliphatic rings. The summed E-state index contributed by atoms with van der Waals surface area (Å²) in [6.07, 6.45) is 1.44. The van der Waals surface area contributed by atoms with Crippen LogP contribution < -0.4 is 24.4 Å². The topological polar surface area (TPSA) is 140 Å². The van der Waals surface area contributed by atoms with E-state index in [4.69, 9.17) is 21.1 Å². The molecule has 0 radical (unpaired) electrons. The van der Waals surface area contributed by atoms with E-state index in [0.717, 1.165) is 4.90 Å². The SMILES string of the molecule is COc1ccc(OC)c(N2C(=O)C(Cl)=C(Nc3ccc(S(=O)(=O)Nc4nccc(C)n4)cc3)C2=O)c1. The molecular formula is C23H20ClN5O6S. The summed E-state index contributed by atoms with van der Waals surface area (Å²) in [5.74, 6) is -0.852. The fraction of sp³-hybridized carbons (Fsp3) is 0.130. The summed E-state index contributed by atoms with van der Waals surface area (Å²) >= 11 is 6.21. The van der Waals surface area contributed by atoms with Crippen molar-refractivity contribution in [3.8, 4) is 11.5 Å². The number of rotatable bonds is 8. The van der Waals surface area contributed by atoms with E-state index in [1.807, 2.05) is 0 Å². The number of halogens is 1. The van der Waals surface area contributed by atoms with Crippen molar-refractivity contribution >= 4 is 50.8 Å². The third-order valence-electron chi connectivity index (χ3n) is 5.11. The second-order valence-electron chi connectivity index (χ2n) is 7.45. The average Bonchev–Trinajstić information content (AvgIpc) is 3.06. The Morgan fingerprint density at radius 1 is 0.972 bits per heavy atom. The number of anilines is 3. The summed E-state index contributed by atoms with van der Waals surface area (Å²) in [4.78, 5) is 34.7. The minimum atomic E-state index is -3.96. The summed E-state index contributed by atoms with van der Waals surface area (Å²) < 4.78 is 38.1. The van der Waals surface area contributed by atoms with E-state index in [2.05, 4.69) is 20.0 Å². The first-order valence-electron chi connectivity index (χ1n) is 10.3. The molecule has 36 heavy (non-hydrogen) atoms. The standard InChI is InChI=1S/C23H20ClN5O6S/c1-13-10-11-25-23(26-13)28-36(32,33)16-7-4-14(5-8-16)27-20-19(24)21(30)29(22(20)31)17-12-15(34-2)6-9-18(17)35-3/h4-12,27H,1-3H3,(H,25,26,28). The van der Waals surface area contributed by atoms with Crippen LogP contribution in [0.15, 0.2) is 70.4 Å². The number of hydrogen-bond acceptors (Lipinski definition) is 9. The lowest BCUT2D eigenvalue weighted by Gasteiger charge is -2.19. The minimum Gasteiger partial charge on any atom is -0.497 e. The maximum Gasteiger partial charge on any atom is 0.283 e. The van der Waals surface area contributed by atoms with E-state index in [-0.39, 0.29) is 33.0 Å². The number of amides is 2. The second-order valence-corrected chi connectivity index (χ2v) is 9.51. The van der Waals surface area contributed by atoms with Crippen LogP contribution in [0.2, 0.25) is 0 Å². The Labute approximate surface area is 211 Å².